The largest absolute Gasteiger partial charge is 0.481 e. The first-order valence-corrected chi connectivity index (χ1v) is 13.9. The Morgan fingerprint density at radius 2 is 2.00 bits per heavy atom. The molecule has 0 amide bonds. The fourth-order valence-corrected chi connectivity index (χ4v) is 9.85. The van der Waals surface area contributed by atoms with Gasteiger partial charge < -0.3 is 15.6 Å². The number of nitrogens with two attached hydrogens (primary N) is 1. The van der Waals surface area contributed by atoms with Gasteiger partial charge in [-0.3, -0.25) is 4.79 Å². The summed E-state index contributed by atoms with van der Waals surface area (Å²) in [5.74, 6) is 4.55. The molecule has 0 bridgehead atoms. The summed E-state index contributed by atoms with van der Waals surface area (Å²) in [7, 11) is 0. The highest BCUT2D eigenvalue weighted by molar-refractivity contribution is 5.67. The Balaban J connectivity index is 1.31. The van der Waals surface area contributed by atoms with Gasteiger partial charge in [0.05, 0.1) is 18.6 Å². The van der Waals surface area contributed by atoms with E-state index in [1.54, 1.807) is 0 Å². The van der Waals surface area contributed by atoms with Gasteiger partial charge in [0.1, 0.15) is 0 Å². The van der Waals surface area contributed by atoms with E-state index in [-0.39, 0.29) is 11.3 Å². The molecular weight excluding hydrogens is 410 g/mol. The predicted molar refractivity (Wildman–Crippen MR) is 132 cm³/mol. The van der Waals surface area contributed by atoms with E-state index in [9.17, 15) is 9.90 Å². The van der Waals surface area contributed by atoms with Gasteiger partial charge in [0.15, 0.2) is 0 Å². The lowest BCUT2D eigenvalue weighted by atomic mass is 9.45. The number of carbonyl (C=O) groups is 1. The van der Waals surface area contributed by atoms with Crippen LogP contribution in [-0.2, 0) is 9.53 Å². The second kappa shape index (κ2) is 8.66. The molecule has 1 heterocycles. The Hall–Kier alpha value is -0.870. The van der Waals surface area contributed by atoms with Crippen molar-refractivity contribution in [3.8, 4) is 0 Å². The number of aliphatic carboxylic acids is 1. The van der Waals surface area contributed by atoms with Crippen molar-refractivity contribution in [2.24, 2.45) is 63.9 Å². The van der Waals surface area contributed by atoms with Gasteiger partial charge in [0.25, 0.3) is 0 Å². The van der Waals surface area contributed by atoms with Crippen LogP contribution in [0, 0.1) is 58.2 Å². The smallest absolute Gasteiger partial charge is 0.303 e. The molecule has 186 valence electrons. The zero-order valence-electron chi connectivity index (χ0n) is 21.3. The third kappa shape index (κ3) is 3.82. The van der Waals surface area contributed by atoms with E-state index in [1.807, 2.05) is 0 Å². The van der Waals surface area contributed by atoms with E-state index in [0.29, 0.717) is 47.7 Å². The maximum absolute atomic E-state index is 11.3. The van der Waals surface area contributed by atoms with Gasteiger partial charge in [-0.05, 0) is 116 Å². The van der Waals surface area contributed by atoms with E-state index < -0.39 is 5.97 Å². The summed E-state index contributed by atoms with van der Waals surface area (Å²) in [6, 6.07) is 0. The first-order valence-electron chi connectivity index (χ1n) is 13.9. The molecule has 4 heteroatoms. The number of allylic oxidation sites excluding steroid dienone is 2. The molecule has 5 rings (SSSR count). The van der Waals surface area contributed by atoms with Crippen LogP contribution in [0.5, 0.6) is 0 Å². The highest BCUT2D eigenvalue weighted by Crippen LogP contribution is 2.69. The van der Waals surface area contributed by atoms with Crippen LogP contribution < -0.4 is 5.73 Å². The quantitative estimate of drug-likeness (QED) is 0.487. The van der Waals surface area contributed by atoms with Crippen molar-refractivity contribution < 1.29 is 14.6 Å². The lowest BCUT2D eigenvalue weighted by Crippen LogP contribution is -2.52. The van der Waals surface area contributed by atoms with Gasteiger partial charge in [-0.2, -0.15) is 0 Å². The molecule has 4 fully saturated rings. The predicted octanol–water partition coefficient (Wildman–Crippen LogP) is 5.90. The normalized spacial score (nSPS) is 51.4. The van der Waals surface area contributed by atoms with Crippen molar-refractivity contribution in [1.82, 2.24) is 0 Å². The lowest BCUT2D eigenvalue weighted by molar-refractivity contribution is -0.138. The van der Waals surface area contributed by atoms with E-state index in [0.717, 1.165) is 30.7 Å². The Bertz CT molecular complexity index is 781. The van der Waals surface area contributed by atoms with Gasteiger partial charge in [0, 0.05) is 0 Å². The minimum absolute atomic E-state index is 0.227. The summed E-state index contributed by atoms with van der Waals surface area (Å²) in [6.45, 7) is 10.7. The number of fused-ring (bicyclic) bond motifs is 7. The minimum atomic E-state index is -0.655. The number of carboxylic acid groups (broad SMARTS) is 1. The van der Waals surface area contributed by atoms with Crippen molar-refractivity contribution in [3.63, 3.8) is 0 Å². The molecule has 0 aromatic heterocycles. The summed E-state index contributed by atoms with van der Waals surface area (Å²) in [6.07, 6.45) is 15.9. The summed E-state index contributed by atoms with van der Waals surface area (Å²) < 4.78 is 6.80. The van der Waals surface area contributed by atoms with Crippen molar-refractivity contribution in [2.45, 2.75) is 97.7 Å². The van der Waals surface area contributed by atoms with Crippen molar-refractivity contribution in [1.29, 1.82) is 0 Å². The fraction of sp³-hybridized carbons (Fsp3) is 0.897. The molecule has 4 unspecified atom stereocenters. The summed E-state index contributed by atoms with van der Waals surface area (Å²) in [4.78, 5) is 11.3. The van der Waals surface area contributed by atoms with E-state index in [1.165, 1.54) is 44.9 Å². The fourth-order valence-electron chi connectivity index (χ4n) is 9.85. The zero-order valence-corrected chi connectivity index (χ0v) is 21.3. The summed E-state index contributed by atoms with van der Waals surface area (Å²) >= 11 is 0. The van der Waals surface area contributed by atoms with Gasteiger partial charge >= 0.3 is 5.97 Å². The lowest BCUT2D eigenvalue weighted by Gasteiger charge is -2.59. The molecule has 4 aliphatic carbocycles. The average Bonchev–Trinajstić information content (AvgIpc) is 3.25. The molecular formula is C29H47NO3. The van der Waals surface area contributed by atoms with Gasteiger partial charge in [0.2, 0.25) is 0 Å². The number of rotatable bonds is 6. The molecule has 5 aliphatic rings. The third-order valence-corrected chi connectivity index (χ3v) is 11.7. The van der Waals surface area contributed by atoms with Crippen LogP contribution in [0.2, 0.25) is 0 Å². The Labute approximate surface area is 201 Å². The number of hydrogen-bond donors (Lipinski definition) is 2. The molecule has 12 atom stereocenters. The van der Waals surface area contributed by atoms with E-state index in [2.05, 4.69) is 39.8 Å². The molecule has 3 saturated carbocycles. The number of carboxylic acids is 1. The molecule has 1 aliphatic heterocycles. The zero-order chi connectivity index (χ0) is 23.5. The number of ether oxygens (including phenoxy) is 1. The van der Waals surface area contributed by atoms with Crippen LogP contribution in [0.1, 0.15) is 85.5 Å². The topological polar surface area (TPSA) is 72.5 Å². The first kappa shape index (κ1) is 23.9. The van der Waals surface area contributed by atoms with Crippen molar-refractivity contribution in [2.75, 3.05) is 6.54 Å². The highest BCUT2D eigenvalue weighted by atomic mass is 16.5. The summed E-state index contributed by atoms with van der Waals surface area (Å²) in [5.41, 5.74) is 6.55. The maximum atomic E-state index is 11.3. The molecule has 3 N–H and O–H groups in total. The Morgan fingerprint density at radius 3 is 2.73 bits per heavy atom. The van der Waals surface area contributed by atoms with E-state index >= 15 is 0 Å². The van der Waals surface area contributed by atoms with Gasteiger partial charge in [-0.1, -0.05) is 39.8 Å². The monoisotopic (exact) mass is 457 g/mol. The Kier molecular flexibility index (Phi) is 6.26. The molecule has 0 spiro atoms. The van der Waals surface area contributed by atoms with Gasteiger partial charge in [-0.25, -0.2) is 0 Å². The molecule has 1 saturated heterocycles. The summed E-state index contributed by atoms with van der Waals surface area (Å²) in [5, 5.41) is 9.29. The minimum Gasteiger partial charge on any atom is -0.481 e. The van der Waals surface area contributed by atoms with Crippen LogP contribution in [-0.4, -0.2) is 29.8 Å². The van der Waals surface area contributed by atoms with Crippen molar-refractivity contribution >= 4 is 5.97 Å². The second-order valence-electron chi connectivity index (χ2n) is 13.3. The number of hydrogen-bond acceptors (Lipinski definition) is 3. The first-order chi connectivity index (χ1) is 15.7. The van der Waals surface area contributed by atoms with Gasteiger partial charge in [-0.15, -0.1) is 0 Å². The van der Waals surface area contributed by atoms with Crippen LogP contribution >= 0.6 is 0 Å². The molecule has 0 aromatic carbocycles. The third-order valence-electron chi connectivity index (χ3n) is 11.7. The average molecular weight is 458 g/mol. The SMILES string of the molecule is CC(CN)CCC1O[C@H]2C[C@H]3[C@@H]4CCC5CC(CC(=O)O)C=C[C@]5(C)[C@H]4CC[C@]3(C)[C@H]2[C@@H]1C. The molecule has 0 aromatic rings. The van der Waals surface area contributed by atoms with Crippen molar-refractivity contribution in [3.05, 3.63) is 12.2 Å². The van der Waals surface area contributed by atoms with E-state index in [4.69, 9.17) is 10.5 Å². The van der Waals surface area contributed by atoms with Crippen LogP contribution in [0.25, 0.3) is 0 Å². The second-order valence-corrected chi connectivity index (χ2v) is 13.3. The maximum Gasteiger partial charge on any atom is 0.303 e. The highest BCUT2D eigenvalue weighted by Gasteiger charge is 2.65. The van der Waals surface area contributed by atoms with Crippen LogP contribution in [0.15, 0.2) is 12.2 Å². The van der Waals surface area contributed by atoms with Crippen LogP contribution in [0.4, 0.5) is 0 Å². The molecule has 33 heavy (non-hydrogen) atoms. The Morgan fingerprint density at radius 1 is 1.21 bits per heavy atom. The molecule has 4 nitrogen and oxygen atoms in total. The standard InChI is InChI=1S/C29H47NO3/c1-17(16-30)5-8-24-18(2)27-25(33-24)15-23-21-7-6-20-13-19(14-26(31)32)9-11-28(20,3)22(21)10-12-29(23,27)4/h9,11,17-25,27H,5-8,10,12-16,30H2,1-4H3,(H,31,32)/t17?,18-,19?,20?,21-,22+,23+,24?,25+,27+,28+,29+/m1/s1. The van der Waals surface area contributed by atoms with Crippen LogP contribution in [0.3, 0.4) is 0 Å². The molecule has 0 radical (unpaired) electrons.